The molecule has 0 aromatic heterocycles. The predicted octanol–water partition coefficient (Wildman–Crippen LogP) is 1.42. The molecule has 0 saturated heterocycles. The molecule has 8 nitrogen and oxygen atoms in total. The SMILES string of the molecule is CC(C)CCC(=O)N[C@H](C)C(=O)OC(=O)N(C)[C@@H](CC(C)C)C(N)=O. The van der Waals surface area contributed by atoms with Gasteiger partial charge in [0.25, 0.3) is 0 Å². The Hall–Kier alpha value is -2.12. The van der Waals surface area contributed by atoms with E-state index in [0.717, 1.165) is 4.90 Å². The van der Waals surface area contributed by atoms with Crippen molar-refractivity contribution < 1.29 is 23.9 Å². The second kappa shape index (κ2) is 10.7. The Kier molecular flexibility index (Phi) is 9.78. The number of likely N-dealkylation sites (N-methyl/N-ethyl adjacent to an activating group) is 1. The molecule has 3 N–H and O–H groups in total. The third-order valence-electron chi connectivity index (χ3n) is 3.65. The van der Waals surface area contributed by atoms with E-state index >= 15 is 0 Å². The quantitative estimate of drug-likeness (QED) is 0.478. The summed E-state index contributed by atoms with van der Waals surface area (Å²) in [5.74, 6) is -1.34. The van der Waals surface area contributed by atoms with Gasteiger partial charge < -0.3 is 15.8 Å². The van der Waals surface area contributed by atoms with Gasteiger partial charge in [0.05, 0.1) is 0 Å². The average molecular weight is 357 g/mol. The Morgan fingerprint density at radius 2 is 1.60 bits per heavy atom. The number of rotatable bonds is 9. The van der Waals surface area contributed by atoms with Gasteiger partial charge in [-0.05, 0) is 31.6 Å². The van der Waals surface area contributed by atoms with Crippen LogP contribution in [-0.4, -0.2) is 47.9 Å². The van der Waals surface area contributed by atoms with Crippen molar-refractivity contribution in [3.8, 4) is 0 Å². The fourth-order valence-electron chi connectivity index (χ4n) is 2.08. The van der Waals surface area contributed by atoms with Crippen LogP contribution in [0, 0.1) is 11.8 Å². The van der Waals surface area contributed by atoms with Gasteiger partial charge in [0, 0.05) is 13.5 Å². The molecule has 0 aromatic rings. The molecule has 0 spiro atoms. The van der Waals surface area contributed by atoms with Gasteiger partial charge in [-0.15, -0.1) is 0 Å². The van der Waals surface area contributed by atoms with E-state index in [-0.39, 0.29) is 11.8 Å². The maximum absolute atomic E-state index is 12.0. The summed E-state index contributed by atoms with van der Waals surface area (Å²) in [6.45, 7) is 9.18. The third-order valence-corrected chi connectivity index (χ3v) is 3.65. The van der Waals surface area contributed by atoms with Crippen molar-refractivity contribution in [1.82, 2.24) is 10.2 Å². The summed E-state index contributed by atoms with van der Waals surface area (Å²) in [7, 11) is 1.35. The van der Waals surface area contributed by atoms with Crippen molar-refractivity contribution in [3.05, 3.63) is 0 Å². The summed E-state index contributed by atoms with van der Waals surface area (Å²) in [5.41, 5.74) is 5.31. The van der Waals surface area contributed by atoms with Crippen LogP contribution in [-0.2, 0) is 19.1 Å². The Morgan fingerprint density at radius 1 is 1.04 bits per heavy atom. The van der Waals surface area contributed by atoms with E-state index < -0.39 is 30.1 Å². The monoisotopic (exact) mass is 357 g/mol. The van der Waals surface area contributed by atoms with Crippen molar-refractivity contribution >= 4 is 23.9 Å². The molecule has 0 aliphatic rings. The molecule has 144 valence electrons. The zero-order valence-electron chi connectivity index (χ0n) is 16.0. The lowest BCUT2D eigenvalue weighted by Crippen LogP contribution is -2.48. The van der Waals surface area contributed by atoms with Crippen molar-refractivity contribution in [2.45, 2.75) is 66.0 Å². The highest BCUT2D eigenvalue weighted by Gasteiger charge is 2.29. The maximum Gasteiger partial charge on any atom is 0.417 e. The molecular weight excluding hydrogens is 326 g/mol. The first-order chi connectivity index (χ1) is 11.5. The number of primary amides is 1. The van der Waals surface area contributed by atoms with Gasteiger partial charge in [0.15, 0.2) is 0 Å². The van der Waals surface area contributed by atoms with Gasteiger partial charge >= 0.3 is 12.1 Å². The fraction of sp³-hybridized carbons (Fsp3) is 0.765. The van der Waals surface area contributed by atoms with Crippen molar-refractivity contribution in [2.24, 2.45) is 17.6 Å². The molecule has 0 fully saturated rings. The Morgan fingerprint density at radius 3 is 2.04 bits per heavy atom. The van der Waals surface area contributed by atoms with Gasteiger partial charge in [-0.3, -0.25) is 14.5 Å². The van der Waals surface area contributed by atoms with Crippen LogP contribution >= 0.6 is 0 Å². The molecule has 0 heterocycles. The second-order valence-corrected chi connectivity index (χ2v) is 7.07. The fourth-order valence-corrected chi connectivity index (χ4v) is 2.08. The highest BCUT2D eigenvalue weighted by molar-refractivity contribution is 5.92. The lowest BCUT2D eigenvalue weighted by Gasteiger charge is -2.26. The van der Waals surface area contributed by atoms with Gasteiger partial charge in [-0.1, -0.05) is 27.7 Å². The number of ether oxygens (including phenoxy) is 1. The number of nitrogens with zero attached hydrogens (tertiary/aromatic N) is 1. The van der Waals surface area contributed by atoms with Gasteiger partial charge in [0.1, 0.15) is 12.1 Å². The normalized spacial score (nSPS) is 13.3. The predicted molar refractivity (Wildman–Crippen MR) is 93.4 cm³/mol. The number of carbonyl (C=O) groups excluding carboxylic acids is 4. The molecule has 8 heteroatoms. The first kappa shape index (κ1) is 22.9. The van der Waals surface area contributed by atoms with Crippen LogP contribution in [0.3, 0.4) is 0 Å². The molecule has 0 saturated carbocycles. The number of carbonyl (C=O) groups is 4. The summed E-state index contributed by atoms with van der Waals surface area (Å²) in [6, 6.07) is -1.83. The second-order valence-electron chi connectivity index (χ2n) is 7.07. The van der Waals surface area contributed by atoms with Crippen LogP contribution in [0.15, 0.2) is 0 Å². The van der Waals surface area contributed by atoms with Crippen LogP contribution in [0.1, 0.15) is 53.9 Å². The highest BCUT2D eigenvalue weighted by atomic mass is 16.6. The molecule has 25 heavy (non-hydrogen) atoms. The molecule has 0 aromatic carbocycles. The zero-order chi connectivity index (χ0) is 19.7. The summed E-state index contributed by atoms with van der Waals surface area (Å²) in [4.78, 5) is 48.2. The van der Waals surface area contributed by atoms with Crippen molar-refractivity contribution in [3.63, 3.8) is 0 Å². The van der Waals surface area contributed by atoms with E-state index in [1.165, 1.54) is 14.0 Å². The van der Waals surface area contributed by atoms with Gasteiger partial charge in [-0.25, -0.2) is 9.59 Å². The lowest BCUT2D eigenvalue weighted by molar-refractivity contribution is -0.143. The maximum atomic E-state index is 12.0. The third kappa shape index (κ3) is 9.07. The average Bonchev–Trinajstić information content (AvgIpc) is 2.49. The zero-order valence-corrected chi connectivity index (χ0v) is 16.0. The van der Waals surface area contributed by atoms with Crippen LogP contribution in [0.25, 0.3) is 0 Å². The van der Waals surface area contributed by atoms with Crippen LogP contribution in [0.4, 0.5) is 4.79 Å². The lowest BCUT2D eigenvalue weighted by atomic mass is 10.0. The number of amides is 3. The van der Waals surface area contributed by atoms with Crippen LogP contribution < -0.4 is 11.1 Å². The minimum atomic E-state index is -0.974. The van der Waals surface area contributed by atoms with Crippen LogP contribution in [0.5, 0.6) is 0 Å². The van der Waals surface area contributed by atoms with E-state index in [4.69, 9.17) is 10.5 Å². The summed E-state index contributed by atoms with van der Waals surface area (Å²) in [5, 5.41) is 2.49. The van der Waals surface area contributed by atoms with Crippen LogP contribution in [0.2, 0.25) is 0 Å². The van der Waals surface area contributed by atoms with E-state index in [9.17, 15) is 19.2 Å². The molecule has 0 rings (SSSR count). The summed E-state index contributed by atoms with van der Waals surface area (Å²) >= 11 is 0. The van der Waals surface area contributed by atoms with E-state index in [1.807, 2.05) is 27.7 Å². The summed E-state index contributed by atoms with van der Waals surface area (Å²) < 4.78 is 4.74. The summed E-state index contributed by atoms with van der Waals surface area (Å²) in [6.07, 6.45) is 0.376. The molecule has 3 amide bonds. The standard InChI is InChI=1S/C17H31N3O5/c1-10(2)7-8-14(21)19-12(5)16(23)25-17(24)20(6)13(15(18)22)9-11(3)4/h10-13H,7-9H2,1-6H3,(H2,18,22)(H,19,21)/t12-,13+/m1/s1. The van der Waals surface area contributed by atoms with Crippen molar-refractivity contribution in [2.75, 3.05) is 7.05 Å². The van der Waals surface area contributed by atoms with Gasteiger partial charge in [-0.2, -0.15) is 0 Å². The number of nitrogens with one attached hydrogen (secondary N) is 1. The largest absolute Gasteiger partial charge is 0.417 e. The van der Waals surface area contributed by atoms with Crippen molar-refractivity contribution in [1.29, 1.82) is 0 Å². The number of hydrogen-bond donors (Lipinski definition) is 2. The molecule has 0 aliphatic heterocycles. The Balaban J connectivity index is 4.63. The van der Waals surface area contributed by atoms with E-state index in [2.05, 4.69) is 5.32 Å². The Labute approximate surface area is 149 Å². The number of esters is 1. The molecule has 2 atom stereocenters. The number of nitrogens with two attached hydrogens (primary N) is 1. The first-order valence-corrected chi connectivity index (χ1v) is 8.52. The minimum Gasteiger partial charge on any atom is -0.375 e. The topological polar surface area (TPSA) is 119 Å². The van der Waals surface area contributed by atoms with E-state index in [0.29, 0.717) is 25.2 Å². The van der Waals surface area contributed by atoms with E-state index in [1.54, 1.807) is 0 Å². The molecule has 0 bridgehead atoms. The molecule has 0 radical (unpaired) electrons. The molecule has 0 unspecified atom stereocenters. The highest BCUT2D eigenvalue weighted by Crippen LogP contribution is 2.11. The molecular formula is C17H31N3O5. The Bertz CT molecular complexity index is 491. The number of hydrogen-bond acceptors (Lipinski definition) is 5. The smallest absolute Gasteiger partial charge is 0.375 e. The molecule has 0 aliphatic carbocycles. The minimum absolute atomic E-state index is 0.127. The first-order valence-electron chi connectivity index (χ1n) is 8.52. The van der Waals surface area contributed by atoms with Gasteiger partial charge in [0.2, 0.25) is 11.8 Å².